The second-order valence-electron chi connectivity index (χ2n) is 6.52. The standard InChI is InChI=1S/C15H28N2S/c1-12-15(11-16,8-10-18-12)17-9-4-6-13-5-2-3-7-14(13)17/h12-14H,2-11,16H2,1H3. The van der Waals surface area contributed by atoms with E-state index in [0.29, 0.717) is 5.54 Å². The average Bonchev–Trinajstić information content (AvgIpc) is 2.80. The molecular formula is C15H28N2S. The lowest BCUT2D eigenvalue weighted by atomic mass is 9.75. The summed E-state index contributed by atoms with van der Waals surface area (Å²) >= 11 is 2.14. The lowest BCUT2D eigenvalue weighted by Crippen LogP contribution is -2.64. The molecule has 2 heterocycles. The van der Waals surface area contributed by atoms with Crippen molar-refractivity contribution in [1.29, 1.82) is 0 Å². The third kappa shape index (κ3) is 2.03. The first-order valence-corrected chi connectivity index (χ1v) is 8.91. The van der Waals surface area contributed by atoms with Crippen LogP contribution >= 0.6 is 11.8 Å². The Hall–Kier alpha value is 0.270. The van der Waals surface area contributed by atoms with Crippen LogP contribution in [-0.4, -0.2) is 40.6 Å². The molecule has 0 bridgehead atoms. The number of hydrogen-bond donors (Lipinski definition) is 1. The Bertz CT molecular complexity index is 294. The van der Waals surface area contributed by atoms with Gasteiger partial charge in [0.15, 0.2) is 0 Å². The minimum atomic E-state index is 0.325. The minimum absolute atomic E-state index is 0.325. The molecule has 0 aromatic carbocycles. The summed E-state index contributed by atoms with van der Waals surface area (Å²) in [7, 11) is 0. The summed E-state index contributed by atoms with van der Waals surface area (Å²) in [6.07, 6.45) is 10.0. The van der Waals surface area contributed by atoms with Crippen molar-refractivity contribution in [3.8, 4) is 0 Å². The van der Waals surface area contributed by atoms with Crippen molar-refractivity contribution in [2.45, 2.75) is 68.7 Å². The van der Waals surface area contributed by atoms with E-state index in [1.165, 1.54) is 57.2 Å². The highest BCUT2D eigenvalue weighted by Crippen LogP contribution is 2.46. The summed E-state index contributed by atoms with van der Waals surface area (Å²) in [6, 6.07) is 0.859. The summed E-state index contributed by atoms with van der Waals surface area (Å²) in [5.41, 5.74) is 6.58. The lowest BCUT2D eigenvalue weighted by molar-refractivity contribution is -0.0234. The molecule has 0 aromatic rings. The van der Waals surface area contributed by atoms with Gasteiger partial charge in [0.05, 0.1) is 0 Å². The Morgan fingerprint density at radius 2 is 2.00 bits per heavy atom. The van der Waals surface area contributed by atoms with Gasteiger partial charge in [-0.2, -0.15) is 11.8 Å². The minimum Gasteiger partial charge on any atom is -0.329 e. The Labute approximate surface area is 116 Å². The fraction of sp³-hybridized carbons (Fsp3) is 1.00. The third-order valence-electron chi connectivity index (χ3n) is 5.83. The second kappa shape index (κ2) is 5.34. The van der Waals surface area contributed by atoms with Crippen LogP contribution in [0.2, 0.25) is 0 Å². The summed E-state index contributed by atoms with van der Waals surface area (Å²) in [5.74, 6) is 2.29. The van der Waals surface area contributed by atoms with Crippen molar-refractivity contribution in [3.05, 3.63) is 0 Å². The van der Waals surface area contributed by atoms with Crippen molar-refractivity contribution in [2.24, 2.45) is 11.7 Å². The molecule has 0 aromatic heterocycles. The number of hydrogen-bond acceptors (Lipinski definition) is 3. The van der Waals surface area contributed by atoms with Gasteiger partial charge in [0.1, 0.15) is 0 Å². The first-order valence-electron chi connectivity index (χ1n) is 7.86. The van der Waals surface area contributed by atoms with Gasteiger partial charge in [-0.1, -0.05) is 19.8 Å². The lowest BCUT2D eigenvalue weighted by Gasteiger charge is -2.54. The van der Waals surface area contributed by atoms with Gasteiger partial charge in [-0.15, -0.1) is 0 Å². The van der Waals surface area contributed by atoms with Gasteiger partial charge in [-0.3, -0.25) is 4.90 Å². The number of fused-ring (bicyclic) bond motifs is 1. The zero-order valence-corrected chi connectivity index (χ0v) is 12.6. The molecule has 3 aliphatic rings. The molecule has 2 aliphatic heterocycles. The zero-order valence-electron chi connectivity index (χ0n) is 11.7. The summed E-state index contributed by atoms with van der Waals surface area (Å²) in [6.45, 7) is 4.59. The number of nitrogens with zero attached hydrogens (tertiary/aromatic N) is 1. The molecule has 1 aliphatic carbocycles. The molecule has 2 saturated heterocycles. The fourth-order valence-corrected chi connectivity index (χ4v) is 6.20. The molecule has 18 heavy (non-hydrogen) atoms. The van der Waals surface area contributed by atoms with Gasteiger partial charge in [-0.05, 0) is 50.3 Å². The molecule has 3 rings (SSSR count). The normalized spacial score (nSPS) is 46.0. The molecule has 3 fully saturated rings. The van der Waals surface area contributed by atoms with Crippen molar-refractivity contribution >= 4 is 11.8 Å². The average molecular weight is 268 g/mol. The predicted octanol–water partition coefficient (Wildman–Crippen LogP) is 2.86. The number of piperidine rings is 1. The van der Waals surface area contributed by atoms with E-state index >= 15 is 0 Å². The molecule has 1 saturated carbocycles. The molecule has 0 spiro atoms. The van der Waals surface area contributed by atoms with Crippen LogP contribution in [-0.2, 0) is 0 Å². The quantitative estimate of drug-likeness (QED) is 0.835. The van der Waals surface area contributed by atoms with Crippen LogP contribution in [0, 0.1) is 5.92 Å². The van der Waals surface area contributed by atoms with Gasteiger partial charge in [0.25, 0.3) is 0 Å². The van der Waals surface area contributed by atoms with Gasteiger partial charge in [0, 0.05) is 23.4 Å². The van der Waals surface area contributed by atoms with Crippen molar-refractivity contribution in [1.82, 2.24) is 4.90 Å². The van der Waals surface area contributed by atoms with E-state index in [1.54, 1.807) is 0 Å². The van der Waals surface area contributed by atoms with Crippen molar-refractivity contribution in [3.63, 3.8) is 0 Å². The monoisotopic (exact) mass is 268 g/mol. The molecular weight excluding hydrogens is 240 g/mol. The highest BCUT2D eigenvalue weighted by Gasteiger charge is 2.49. The topological polar surface area (TPSA) is 29.3 Å². The number of nitrogens with two attached hydrogens (primary N) is 1. The van der Waals surface area contributed by atoms with Crippen LogP contribution in [0.25, 0.3) is 0 Å². The number of thioether (sulfide) groups is 1. The van der Waals surface area contributed by atoms with E-state index in [4.69, 9.17) is 5.73 Å². The van der Waals surface area contributed by atoms with Crippen molar-refractivity contribution < 1.29 is 0 Å². The summed E-state index contributed by atoms with van der Waals surface area (Å²) in [4.78, 5) is 2.88. The van der Waals surface area contributed by atoms with Gasteiger partial charge in [0.2, 0.25) is 0 Å². The maximum atomic E-state index is 6.26. The summed E-state index contributed by atoms with van der Waals surface area (Å²) in [5, 5.41) is 0.725. The maximum Gasteiger partial charge on any atom is 0.0458 e. The van der Waals surface area contributed by atoms with Crippen LogP contribution < -0.4 is 5.73 Å². The van der Waals surface area contributed by atoms with Crippen LogP contribution in [0.3, 0.4) is 0 Å². The smallest absolute Gasteiger partial charge is 0.0458 e. The number of likely N-dealkylation sites (tertiary alicyclic amines) is 1. The van der Waals surface area contributed by atoms with Gasteiger partial charge in [-0.25, -0.2) is 0 Å². The largest absolute Gasteiger partial charge is 0.329 e. The molecule has 104 valence electrons. The summed E-state index contributed by atoms with van der Waals surface area (Å²) < 4.78 is 0. The highest BCUT2D eigenvalue weighted by molar-refractivity contribution is 8.00. The van der Waals surface area contributed by atoms with E-state index in [1.807, 2.05) is 0 Å². The molecule has 0 radical (unpaired) electrons. The first-order chi connectivity index (χ1) is 8.78. The first kappa shape index (κ1) is 13.3. The van der Waals surface area contributed by atoms with Crippen LogP contribution in [0.1, 0.15) is 51.9 Å². The van der Waals surface area contributed by atoms with Crippen LogP contribution in [0.5, 0.6) is 0 Å². The van der Waals surface area contributed by atoms with Gasteiger partial charge >= 0.3 is 0 Å². The highest BCUT2D eigenvalue weighted by atomic mass is 32.2. The van der Waals surface area contributed by atoms with Crippen LogP contribution in [0.4, 0.5) is 0 Å². The molecule has 2 nitrogen and oxygen atoms in total. The molecule has 0 amide bonds. The molecule has 4 atom stereocenters. The van der Waals surface area contributed by atoms with E-state index in [9.17, 15) is 0 Å². The Morgan fingerprint density at radius 1 is 1.22 bits per heavy atom. The Morgan fingerprint density at radius 3 is 2.72 bits per heavy atom. The molecule has 4 unspecified atom stereocenters. The van der Waals surface area contributed by atoms with E-state index < -0.39 is 0 Å². The van der Waals surface area contributed by atoms with E-state index in [-0.39, 0.29) is 0 Å². The Kier molecular flexibility index (Phi) is 3.93. The fourth-order valence-electron chi connectivity index (χ4n) is 4.71. The van der Waals surface area contributed by atoms with Crippen LogP contribution in [0.15, 0.2) is 0 Å². The maximum absolute atomic E-state index is 6.26. The van der Waals surface area contributed by atoms with E-state index in [2.05, 4.69) is 23.6 Å². The predicted molar refractivity (Wildman–Crippen MR) is 80.0 cm³/mol. The third-order valence-corrected chi connectivity index (χ3v) is 7.21. The van der Waals surface area contributed by atoms with E-state index in [0.717, 1.165) is 23.8 Å². The van der Waals surface area contributed by atoms with Gasteiger partial charge < -0.3 is 5.73 Å². The van der Waals surface area contributed by atoms with Crippen molar-refractivity contribution in [2.75, 3.05) is 18.8 Å². The molecule has 3 heteroatoms. The Balaban J connectivity index is 1.84. The second-order valence-corrected chi connectivity index (χ2v) is 7.97. The molecule has 2 N–H and O–H groups in total. The zero-order chi connectivity index (χ0) is 12.6. The number of rotatable bonds is 2. The SMILES string of the molecule is CC1SCCC1(CN)N1CCCC2CCCCC21.